The number of benzene rings is 2. The van der Waals surface area contributed by atoms with Crippen LogP contribution < -0.4 is 0 Å². The Kier molecular flexibility index (Phi) is 16.4. The molecule has 0 nitrogen and oxygen atoms in total. The van der Waals surface area contributed by atoms with Crippen LogP contribution in [0.25, 0.3) is 0 Å². The Hall–Kier alpha value is -1.56. The zero-order chi connectivity index (χ0) is 18.4. The Morgan fingerprint density at radius 3 is 1.04 bits per heavy atom. The standard InChI is InChI=1S/C11H16.C10H14.C3H8.CH4/c1-4-10-6-9(3)7-11(5-2)8-10;1-3-9-5-7-10(4-2)8-6-9;1-3-2;/h6-8H,4-5H2,1-3H3;5-8H,3-4H2,1-2H3;3H2,1-2H3;1H4. The molecule has 142 valence electrons. The topological polar surface area (TPSA) is 0 Å². The first-order chi connectivity index (χ1) is 11.5. The third kappa shape index (κ3) is 11.6. The molecule has 0 aliphatic rings. The lowest BCUT2D eigenvalue weighted by atomic mass is 10.0. The van der Waals surface area contributed by atoms with Crippen molar-refractivity contribution in [3.63, 3.8) is 0 Å². The Morgan fingerprint density at radius 1 is 0.520 bits per heavy atom. The van der Waals surface area contributed by atoms with Gasteiger partial charge >= 0.3 is 0 Å². The van der Waals surface area contributed by atoms with E-state index < -0.39 is 0 Å². The minimum Gasteiger partial charge on any atom is -0.0776 e. The van der Waals surface area contributed by atoms with Crippen molar-refractivity contribution in [3.05, 3.63) is 70.3 Å². The van der Waals surface area contributed by atoms with Crippen LogP contribution in [0.2, 0.25) is 0 Å². The van der Waals surface area contributed by atoms with Gasteiger partial charge in [0, 0.05) is 0 Å². The molecule has 0 saturated heterocycles. The Morgan fingerprint density at radius 2 is 0.800 bits per heavy atom. The fourth-order valence-electron chi connectivity index (χ4n) is 2.37. The maximum absolute atomic E-state index is 2.30. The van der Waals surface area contributed by atoms with Gasteiger partial charge in [-0.2, -0.15) is 0 Å². The van der Waals surface area contributed by atoms with Gasteiger partial charge in [0.15, 0.2) is 0 Å². The molecule has 0 heteroatoms. The molecule has 0 spiro atoms. The molecule has 0 heterocycles. The molecule has 25 heavy (non-hydrogen) atoms. The van der Waals surface area contributed by atoms with Crippen LogP contribution in [0.15, 0.2) is 42.5 Å². The zero-order valence-electron chi connectivity index (χ0n) is 17.1. The van der Waals surface area contributed by atoms with Gasteiger partial charge in [-0.25, -0.2) is 0 Å². The molecule has 2 aromatic rings. The second kappa shape index (κ2) is 15.9. The molecule has 2 aromatic carbocycles. The summed E-state index contributed by atoms with van der Waals surface area (Å²) >= 11 is 0. The summed E-state index contributed by atoms with van der Waals surface area (Å²) in [4.78, 5) is 0. The summed E-state index contributed by atoms with van der Waals surface area (Å²) in [6, 6.07) is 15.7. The average molecular weight is 343 g/mol. The Bertz CT molecular complexity index is 489. The fourth-order valence-corrected chi connectivity index (χ4v) is 2.37. The highest BCUT2D eigenvalue weighted by atomic mass is 14.0. The number of aryl methyl sites for hydroxylation is 5. The SMILES string of the molecule is C.CCC.CCc1cc(C)cc(CC)c1.CCc1ccc(CC)cc1. The van der Waals surface area contributed by atoms with Crippen LogP contribution in [0.5, 0.6) is 0 Å². The van der Waals surface area contributed by atoms with E-state index in [0.717, 1.165) is 25.7 Å². The van der Waals surface area contributed by atoms with Crippen LogP contribution in [0.4, 0.5) is 0 Å². The molecule has 0 aliphatic heterocycles. The molecular formula is C25H42. The van der Waals surface area contributed by atoms with Crippen LogP contribution in [0.1, 0.15) is 83.2 Å². The molecule has 0 aromatic heterocycles. The van der Waals surface area contributed by atoms with Gasteiger partial charge in [0.05, 0.1) is 0 Å². The minimum absolute atomic E-state index is 0. The smallest absolute Gasteiger partial charge is 0.0307 e. The monoisotopic (exact) mass is 342 g/mol. The van der Waals surface area contributed by atoms with E-state index in [4.69, 9.17) is 0 Å². The zero-order valence-corrected chi connectivity index (χ0v) is 17.1. The third-order valence-corrected chi connectivity index (χ3v) is 3.85. The van der Waals surface area contributed by atoms with E-state index in [-0.39, 0.29) is 7.43 Å². The summed E-state index contributed by atoms with van der Waals surface area (Å²) in [7, 11) is 0. The van der Waals surface area contributed by atoms with E-state index in [1.165, 1.54) is 34.2 Å². The van der Waals surface area contributed by atoms with Crippen LogP contribution in [0, 0.1) is 6.92 Å². The Balaban J connectivity index is 0. The summed E-state index contributed by atoms with van der Waals surface area (Å²) in [5, 5.41) is 0. The van der Waals surface area contributed by atoms with Gasteiger partial charge in [0.25, 0.3) is 0 Å². The van der Waals surface area contributed by atoms with Gasteiger partial charge in [-0.05, 0) is 54.9 Å². The van der Waals surface area contributed by atoms with Crippen molar-refractivity contribution in [1.82, 2.24) is 0 Å². The minimum atomic E-state index is 0. The molecule has 0 bridgehead atoms. The second-order valence-electron chi connectivity index (χ2n) is 6.26. The van der Waals surface area contributed by atoms with Gasteiger partial charge in [-0.1, -0.05) is 103 Å². The summed E-state index contributed by atoms with van der Waals surface area (Å²) in [6.45, 7) is 15.2. The molecule has 0 radical (unpaired) electrons. The number of hydrogen-bond donors (Lipinski definition) is 0. The van der Waals surface area contributed by atoms with Crippen molar-refractivity contribution in [2.75, 3.05) is 0 Å². The van der Waals surface area contributed by atoms with Crippen LogP contribution >= 0.6 is 0 Å². The van der Waals surface area contributed by atoms with Gasteiger partial charge < -0.3 is 0 Å². The highest BCUT2D eigenvalue weighted by Crippen LogP contribution is 2.10. The molecule has 0 N–H and O–H groups in total. The predicted molar refractivity (Wildman–Crippen MR) is 118 cm³/mol. The highest BCUT2D eigenvalue weighted by molar-refractivity contribution is 5.29. The summed E-state index contributed by atoms with van der Waals surface area (Å²) < 4.78 is 0. The van der Waals surface area contributed by atoms with Crippen molar-refractivity contribution in [1.29, 1.82) is 0 Å². The van der Waals surface area contributed by atoms with E-state index >= 15 is 0 Å². The summed E-state index contributed by atoms with van der Waals surface area (Å²) in [5.41, 5.74) is 7.17. The number of hydrogen-bond acceptors (Lipinski definition) is 0. The lowest BCUT2D eigenvalue weighted by molar-refractivity contribution is 1.08. The van der Waals surface area contributed by atoms with E-state index in [2.05, 4.69) is 90.9 Å². The van der Waals surface area contributed by atoms with Crippen LogP contribution in [-0.4, -0.2) is 0 Å². The molecule has 2 rings (SSSR count). The lowest BCUT2D eigenvalue weighted by Gasteiger charge is -2.02. The van der Waals surface area contributed by atoms with E-state index in [1.54, 1.807) is 0 Å². The second-order valence-corrected chi connectivity index (χ2v) is 6.26. The molecule has 0 amide bonds. The van der Waals surface area contributed by atoms with Gasteiger partial charge in [-0.3, -0.25) is 0 Å². The normalized spacial score (nSPS) is 9.08. The molecule has 0 atom stereocenters. The van der Waals surface area contributed by atoms with E-state index in [9.17, 15) is 0 Å². The summed E-state index contributed by atoms with van der Waals surface area (Å²) in [5.74, 6) is 0. The third-order valence-electron chi connectivity index (χ3n) is 3.85. The first kappa shape index (κ1) is 25.7. The van der Waals surface area contributed by atoms with Gasteiger partial charge in [0.1, 0.15) is 0 Å². The highest BCUT2D eigenvalue weighted by Gasteiger charge is 1.94. The van der Waals surface area contributed by atoms with Crippen molar-refractivity contribution in [2.45, 2.75) is 88.0 Å². The Labute approximate surface area is 158 Å². The molecule has 0 fully saturated rings. The maximum atomic E-state index is 2.30. The van der Waals surface area contributed by atoms with Crippen molar-refractivity contribution in [2.24, 2.45) is 0 Å². The van der Waals surface area contributed by atoms with Gasteiger partial charge in [0.2, 0.25) is 0 Å². The van der Waals surface area contributed by atoms with Crippen LogP contribution in [0.3, 0.4) is 0 Å². The molecule has 0 unspecified atom stereocenters. The fraction of sp³-hybridized carbons (Fsp3) is 0.520. The first-order valence-corrected chi connectivity index (χ1v) is 9.71. The van der Waals surface area contributed by atoms with E-state index in [1.807, 2.05) is 0 Å². The molecular weight excluding hydrogens is 300 g/mol. The predicted octanol–water partition coefficient (Wildman–Crippen LogP) is 7.98. The van der Waals surface area contributed by atoms with Gasteiger partial charge in [-0.15, -0.1) is 0 Å². The maximum Gasteiger partial charge on any atom is -0.0307 e. The van der Waals surface area contributed by atoms with E-state index in [0.29, 0.717) is 0 Å². The van der Waals surface area contributed by atoms with Crippen LogP contribution in [-0.2, 0) is 25.7 Å². The first-order valence-electron chi connectivity index (χ1n) is 9.71. The van der Waals surface area contributed by atoms with Crippen molar-refractivity contribution in [3.8, 4) is 0 Å². The largest absolute Gasteiger partial charge is 0.0776 e. The van der Waals surface area contributed by atoms with Crippen molar-refractivity contribution < 1.29 is 0 Å². The average Bonchev–Trinajstić information content (AvgIpc) is 2.62. The number of rotatable bonds is 4. The molecule has 0 aliphatic carbocycles. The van der Waals surface area contributed by atoms with Crippen molar-refractivity contribution >= 4 is 0 Å². The summed E-state index contributed by atoms with van der Waals surface area (Å²) in [6.07, 6.45) is 5.83. The molecule has 0 saturated carbocycles. The quantitative estimate of drug-likeness (QED) is 0.528. The lowest BCUT2D eigenvalue weighted by Crippen LogP contribution is -1.87.